The summed E-state index contributed by atoms with van der Waals surface area (Å²) in [5.74, 6) is 1.36. The number of hydrogen-bond acceptors (Lipinski definition) is 8. The topological polar surface area (TPSA) is 113 Å². The second-order valence-electron chi connectivity index (χ2n) is 9.20. The van der Waals surface area contributed by atoms with Crippen LogP contribution in [0.3, 0.4) is 0 Å². The summed E-state index contributed by atoms with van der Waals surface area (Å²) in [5, 5.41) is 21.9. The van der Waals surface area contributed by atoms with Crippen LogP contribution in [0.15, 0.2) is 42.7 Å². The zero-order valence-electron chi connectivity index (χ0n) is 19.4. The molecular weight excluding hydrogens is 485 g/mol. The van der Waals surface area contributed by atoms with Crippen molar-refractivity contribution < 1.29 is 4.74 Å². The van der Waals surface area contributed by atoms with Gasteiger partial charge in [-0.2, -0.15) is 0 Å². The van der Waals surface area contributed by atoms with Gasteiger partial charge in [-0.15, -0.1) is 10.2 Å². The number of anilines is 2. The summed E-state index contributed by atoms with van der Waals surface area (Å²) in [6, 6.07) is 8.91. The van der Waals surface area contributed by atoms with Crippen LogP contribution >= 0.6 is 23.2 Å². The Morgan fingerprint density at radius 2 is 1.91 bits per heavy atom. The monoisotopic (exact) mass is 511 g/mol. The molecule has 1 atom stereocenters. The number of ether oxygens (including phenoxy) is 1. The molecule has 3 aromatic rings. The molecule has 5 rings (SSSR count). The molecule has 2 saturated heterocycles. The third-order valence-corrected chi connectivity index (χ3v) is 7.31. The van der Waals surface area contributed by atoms with E-state index in [-0.39, 0.29) is 11.3 Å². The van der Waals surface area contributed by atoms with Crippen molar-refractivity contribution in [3.05, 3.63) is 69.6 Å². The highest BCUT2D eigenvalue weighted by Crippen LogP contribution is 2.34. The van der Waals surface area contributed by atoms with Crippen LogP contribution in [-0.4, -0.2) is 46.1 Å². The summed E-state index contributed by atoms with van der Waals surface area (Å²) in [5.41, 5.74) is 8.65. The van der Waals surface area contributed by atoms with Gasteiger partial charge >= 0.3 is 0 Å². The Hall–Kier alpha value is -2.94. The van der Waals surface area contributed by atoms with Gasteiger partial charge in [-0.25, -0.2) is 0 Å². The summed E-state index contributed by atoms with van der Waals surface area (Å²) in [6.07, 6.45) is 6.35. The van der Waals surface area contributed by atoms with Crippen LogP contribution in [0.1, 0.15) is 49.1 Å². The summed E-state index contributed by atoms with van der Waals surface area (Å²) in [6.45, 7) is 4.81. The Morgan fingerprint density at radius 3 is 2.57 bits per heavy atom. The highest BCUT2D eigenvalue weighted by atomic mass is 35.5. The second-order valence-corrected chi connectivity index (χ2v) is 10.0. The van der Waals surface area contributed by atoms with Crippen LogP contribution in [0.5, 0.6) is 5.75 Å². The van der Waals surface area contributed by atoms with Gasteiger partial charge in [0.25, 0.3) is 0 Å². The van der Waals surface area contributed by atoms with E-state index in [9.17, 15) is 0 Å². The van der Waals surface area contributed by atoms with Gasteiger partial charge < -0.3 is 20.7 Å². The lowest BCUT2D eigenvalue weighted by Crippen LogP contribution is -2.70. The summed E-state index contributed by atoms with van der Waals surface area (Å²) in [4.78, 5) is 6.20. The van der Waals surface area contributed by atoms with Crippen molar-refractivity contribution in [2.75, 3.05) is 30.3 Å². The molecule has 0 saturated carbocycles. The van der Waals surface area contributed by atoms with Crippen molar-refractivity contribution in [3.63, 3.8) is 0 Å². The van der Waals surface area contributed by atoms with E-state index < -0.39 is 6.10 Å². The van der Waals surface area contributed by atoms with Gasteiger partial charge in [0, 0.05) is 42.3 Å². The SMILES string of the molecule is C[C@H](Oc1ccc(N)c(C(=N)c2ccc(N3CC4(CCCCN4)C3)nn2)c1)c1c(Cl)cncc1Cl. The van der Waals surface area contributed by atoms with Gasteiger partial charge in [0.15, 0.2) is 5.82 Å². The third-order valence-electron chi connectivity index (χ3n) is 6.70. The molecule has 4 N–H and O–H groups in total. The van der Waals surface area contributed by atoms with Gasteiger partial charge in [-0.05, 0) is 56.6 Å². The van der Waals surface area contributed by atoms with Gasteiger partial charge in [0.1, 0.15) is 17.5 Å². The Morgan fingerprint density at radius 1 is 1.14 bits per heavy atom. The fourth-order valence-corrected chi connectivity index (χ4v) is 5.48. The molecule has 2 fully saturated rings. The van der Waals surface area contributed by atoms with Gasteiger partial charge in [-0.3, -0.25) is 10.4 Å². The van der Waals surface area contributed by atoms with E-state index in [2.05, 4.69) is 25.4 Å². The van der Waals surface area contributed by atoms with Crippen molar-refractivity contribution in [2.24, 2.45) is 0 Å². The number of rotatable bonds is 6. The zero-order chi connectivity index (χ0) is 24.6. The lowest BCUT2D eigenvalue weighted by atomic mass is 9.82. The van der Waals surface area contributed by atoms with E-state index in [1.54, 1.807) is 18.2 Å². The molecular formula is C25H27Cl2N7O. The number of pyridine rings is 1. The van der Waals surface area contributed by atoms with Crippen LogP contribution in [-0.2, 0) is 0 Å². The number of benzene rings is 1. The first-order chi connectivity index (χ1) is 16.8. The molecule has 0 aliphatic carbocycles. The molecule has 4 heterocycles. The molecule has 8 nitrogen and oxygen atoms in total. The van der Waals surface area contributed by atoms with Crippen molar-refractivity contribution in [2.45, 2.75) is 37.8 Å². The standard InChI is InChI=1S/C25H27Cl2N7O/c1-15(23-18(26)11-30-12-19(23)27)35-16-4-5-20(28)17(10-16)24(29)21-6-7-22(33-32-21)34-13-25(14-34)8-2-3-9-31-25/h4-7,10-12,15,29,31H,2-3,8-9,13-14,28H2,1H3/t15-/m0/s1. The molecule has 1 aromatic carbocycles. The maximum atomic E-state index is 8.70. The van der Waals surface area contributed by atoms with Crippen molar-refractivity contribution in [1.29, 1.82) is 5.41 Å². The molecule has 0 radical (unpaired) electrons. The zero-order valence-corrected chi connectivity index (χ0v) is 20.9. The fraction of sp³-hybridized carbons (Fsp3) is 0.360. The number of nitrogens with zero attached hydrogens (tertiary/aromatic N) is 4. The highest BCUT2D eigenvalue weighted by Gasteiger charge is 2.44. The number of nitrogens with two attached hydrogens (primary N) is 1. The predicted molar refractivity (Wildman–Crippen MR) is 139 cm³/mol. The molecule has 1 spiro atoms. The quantitative estimate of drug-likeness (QED) is 0.326. The van der Waals surface area contributed by atoms with Crippen LogP contribution < -0.4 is 20.7 Å². The lowest BCUT2D eigenvalue weighted by Gasteiger charge is -2.53. The molecule has 0 unspecified atom stereocenters. The highest BCUT2D eigenvalue weighted by molar-refractivity contribution is 6.35. The summed E-state index contributed by atoms with van der Waals surface area (Å²) in [7, 11) is 0. The Bertz CT molecular complexity index is 1220. The minimum Gasteiger partial charge on any atom is -0.486 e. The predicted octanol–water partition coefficient (Wildman–Crippen LogP) is 4.65. The lowest BCUT2D eigenvalue weighted by molar-refractivity contribution is 0.201. The first-order valence-corrected chi connectivity index (χ1v) is 12.4. The van der Waals surface area contributed by atoms with Gasteiger partial charge in [-0.1, -0.05) is 29.6 Å². The van der Waals surface area contributed by atoms with E-state index >= 15 is 0 Å². The smallest absolute Gasteiger partial charge is 0.151 e. The summed E-state index contributed by atoms with van der Waals surface area (Å²) >= 11 is 12.5. The summed E-state index contributed by atoms with van der Waals surface area (Å²) < 4.78 is 6.07. The number of nitrogen functional groups attached to an aromatic ring is 1. The number of piperidine rings is 1. The maximum absolute atomic E-state index is 8.70. The van der Waals surface area contributed by atoms with E-state index in [1.165, 1.54) is 31.7 Å². The molecule has 0 amide bonds. The van der Waals surface area contributed by atoms with Crippen LogP contribution in [0.25, 0.3) is 0 Å². The first-order valence-electron chi connectivity index (χ1n) is 11.6. The maximum Gasteiger partial charge on any atom is 0.151 e. The van der Waals surface area contributed by atoms with E-state index in [0.29, 0.717) is 38.3 Å². The van der Waals surface area contributed by atoms with E-state index in [1.807, 2.05) is 19.1 Å². The van der Waals surface area contributed by atoms with Gasteiger partial charge in [0.2, 0.25) is 0 Å². The number of halogens is 2. The van der Waals surface area contributed by atoms with Crippen molar-refractivity contribution >= 4 is 40.4 Å². The minimum atomic E-state index is -0.429. The number of hydrogen-bond donors (Lipinski definition) is 3. The average molecular weight is 512 g/mol. The normalized spacial score (nSPS) is 17.6. The number of nitrogens with one attached hydrogen (secondary N) is 2. The van der Waals surface area contributed by atoms with Crippen LogP contribution in [0.4, 0.5) is 11.5 Å². The Balaban J connectivity index is 1.29. The van der Waals surface area contributed by atoms with Crippen LogP contribution in [0.2, 0.25) is 10.0 Å². The van der Waals surface area contributed by atoms with E-state index in [4.69, 9.17) is 39.1 Å². The van der Waals surface area contributed by atoms with Crippen LogP contribution in [0, 0.1) is 5.41 Å². The average Bonchev–Trinajstić information content (AvgIpc) is 2.84. The fourth-order valence-electron chi connectivity index (χ4n) is 4.81. The van der Waals surface area contributed by atoms with E-state index in [0.717, 1.165) is 25.5 Å². The largest absolute Gasteiger partial charge is 0.486 e. The molecule has 35 heavy (non-hydrogen) atoms. The first kappa shape index (κ1) is 23.8. The Labute approximate surface area is 214 Å². The Kier molecular flexibility index (Phi) is 6.53. The second kappa shape index (κ2) is 9.60. The minimum absolute atomic E-state index is 0.175. The molecule has 10 heteroatoms. The van der Waals surface area contributed by atoms with Gasteiger partial charge in [0.05, 0.1) is 21.3 Å². The third kappa shape index (κ3) is 4.78. The van der Waals surface area contributed by atoms with Crippen molar-refractivity contribution in [3.8, 4) is 5.75 Å². The molecule has 182 valence electrons. The molecule has 2 aromatic heterocycles. The molecule has 2 aliphatic heterocycles. The van der Waals surface area contributed by atoms with Crippen molar-refractivity contribution in [1.82, 2.24) is 20.5 Å². The number of aromatic nitrogens is 3. The molecule has 2 aliphatic rings. The molecule has 0 bridgehead atoms.